The van der Waals surface area contributed by atoms with E-state index in [1.807, 2.05) is 0 Å². The molecule has 0 bridgehead atoms. The first kappa shape index (κ1) is 12.4. The second kappa shape index (κ2) is 4.66. The standard InChI is InChI=1S/C12H17NO3S/c1-9-11(13)3-2-4-12(9)17(14,15)8-16-7-10-5-6-10/h2-4,10H,5-8,13H2,1H3. The highest BCUT2D eigenvalue weighted by molar-refractivity contribution is 7.91. The third kappa shape index (κ3) is 2.98. The van der Waals surface area contributed by atoms with Crippen LogP contribution in [-0.4, -0.2) is 21.0 Å². The Bertz CT molecular complexity index is 506. The first-order valence-electron chi connectivity index (χ1n) is 5.66. The molecule has 0 aliphatic heterocycles. The smallest absolute Gasteiger partial charge is 0.202 e. The Hall–Kier alpha value is -1.07. The normalized spacial score (nSPS) is 16.1. The Morgan fingerprint density at radius 2 is 2.12 bits per heavy atom. The zero-order valence-corrected chi connectivity index (χ0v) is 10.7. The molecule has 1 aromatic rings. The molecule has 5 heteroatoms. The van der Waals surface area contributed by atoms with E-state index in [-0.39, 0.29) is 10.8 Å². The van der Waals surface area contributed by atoms with Crippen molar-refractivity contribution in [1.29, 1.82) is 0 Å². The van der Waals surface area contributed by atoms with Crippen molar-refractivity contribution < 1.29 is 13.2 Å². The summed E-state index contributed by atoms with van der Waals surface area (Å²) in [5.41, 5.74) is 6.79. The first-order valence-corrected chi connectivity index (χ1v) is 7.31. The highest BCUT2D eigenvalue weighted by Crippen LogP contribution is 2.29. The van der Waals surface area contributed by atoms with E-state index in [2.05, 4.69) is 0 Å². The number of rotatable bonds is 5. The summed E-state index contributed by atoms with van der Waals surface area (Å²) >= 11 is 0. The molecule has 0 atom stereocenters. The van der Waals surface area contributed by atoms with Gasteiger partial charge in [-0.15, -0.1) is 0 Å². The number of hydrogen-bond acceptors (Lipinski definition) is 4. The quantitative estimate of drug-likeness (QED) is 0.814. The van der Waals surface area contributed by atoms with Gasteiger partial charge >= 0.3 is 0 Å². The van der Waals surface area contributed by atoms with Crippen molar-refractivity contribution in [2.24, 2.45) is 5.92 Å². The van der Waals surface area contributed by atoms with Gasteiger partial charge in [0.25, 0.3) is 0 Å². The van der Waals surface area contributed by atoms with E-state index in [0.717, 1.165) is 12.8 Å². The fourth-order valence-electron chi connectivity index (χ4n) is 1.64. The van der Waals surface area contributed by atoms with Crippen LogP contribution in [0.2, 0.25) is 0 Å². The van der Waals surface area contributed by atoms with Crippen LogP contribution in [0.15, 0.2) is 23.1 Å². The maximum absolute atomic E-state index is 12.0. The fraction of sp³-hybridized carbons (Fsp3) is 0.500. The van der Waals surface area contributed by atoms with Crippen LogP contribution in [0, 0.1) is 12.8 Å². The molecular formula is C12H17NO3S. The molecule has 1 aliphatic rings. The van der Waals surface area contributed by atoms with Gasteiger partial charge in [-0.05, 0) is 43.4 Å². The molecule has 0 amide bonds. The molecule has 2 rings (SSSR count). The van der Waals surface area contributed by atoms with Crippen LogP contribution in [-0.2, 0) is 14.6 Å². The Morgan fingerprint density at radius 3 is 2.76 bits per heavy atom. The number of nitrogens with two attached hydrogens (primary N) is 1. The highest BCUT2D eigenvalue weighted by atomic mass is 32.2. The molecule has 0 heterocycles. The summed E-state index contributed by atoms with van der Waals surface area (Å²) < 4.78 is 29.3. The van der Waals surface area contributed by atoms with E-state index in [0.29, 0.717) is 23.8 Å². The topological polar surface area (TPSA) is 69.4 Å². The highest BCUT2D eigenvalue weighted by Gasteiger charge is 2.24. The lowest BCUT2D eigenvalue weighted by Gasteiger charge is -2.09. The van der Waals surface area contributed by atoms with Crippen molar-refractivity contribution in [3.05, 3.63) is 23.8 Å². The van der Waals surface area contributed by atoms with E-state index in [1.165, 1.54) is 0 Å². The van der Waals surface area contributed by atoms with E-state index in [1.54, 1.807) is 25.1 Å². The molecular weight excluding hydrogens is 238 g/mol. The largest absolute Gasteiger partial charge is 0.398 e. The molecule has 0 radical (unpaired) electrons. The summed E-state index contributed by atoms with van der Waals surface area (Å²) in [6.45, 7) is 2.25. The van der Waals surface area contributed by atoms with Crippen molar-refractivity contribution in [3.63, 3.8) is 0 Å². The van der Waals surface area contributed by atoms with Crippen LogP contribution in [0.25, 0.3) is 0 Å². The van der Waals surface area contributed by atoms with Gasteiger partial charge in [0, 0.05) is 5.69 Å². The van der Waals surface area contributed by atoms with Gasteiger partial charge in [-0.1, -0.05) is 6.07 Å². The summed E-state index contributed by atoms with van der Waals surface area (Å²) in [6.07, 6.45) is 2.30. The van der Waals surface area contributed by atoms with E-state index in [9.17, 15) is 8.42 Å². The Kier molecular flexibility index (Phi) is 3.40. The Morgan fingerprint density at radius 1 is 1.41 bits per heavy atom. The maximum atomic E-state index is 12.0. The van der Waals surface area contributed by atoms with E-state index in [4.69, 9.17) is 10.5 Å². The number of hydrogen-bond donors (Lipinski definition) is 1. The van der Waals surface area contributed by atoms with E-state index >= 15 is 0 Å². The van der Waals surface area contributed by atoms with Gasteiger partial charge in [0.1, 0.15) is 0 Å². The van der Waals surface area contributed by atoms with Crippen LogP contribution in [0.4, 0.5) is 5.69 Å². The fourth-order valence-corrected chi connectivity index (χ4v) is 2.95. The van der Waals surface area contributed by atoms with Crippen LogP contribution in [0.1, 0.15) is 18.4 Å². The zero-order chi connectivity index (χ0) is 12.5. The van der Waals surface area contributed by atoms with Gasteiger partial charge in [-0.2, -0.15) is 0 Å². The first-order chi connectivity index (χ1) is 8.00. The monoisotopic (exact) mass is 255 g/mol. The van der Waals surface area contributed by atoms with Gasteiger partial charge < -0.3 is 10.5 Å². The van der Waals surface area contributed by atoms with Crippen molar-refractivity contribution >= 4 is 15.5 Å². The zero-order valence-electron chi connectivity index (χ0n) is 9.85. The van der Waals surface area contributed by atoms with Gasteiger partial charge in [0.05, 0.1) is 11.5 Å². The number of ether oxygens (including phenoxy) is 1. The van der Waals surface area contributed by atoms with Crippen molar-refractivity contribution in [1.82, 2.24) is 0 Å². The summed E-state index contributed by atoms with van der Waals surface area (Å²) in [5, 5.41) is 0. The maximum Gasteiger partial charge on any atom is 0.202 e. The predicted octanol–water partition coefficient (Wildman–Crippen LogP) is 1.74. The van der Waals surface area contributed by atoms with Crippen LogP contribution in [0.5, 0.6) is 0 Å². The molecule has 1 fully saturated rings. The molecule has 1 aromatic carbocycles. The average Bonchev–Trinajstić information content (AvgIpc) is 3.05. The predicted molar refractivity (Wildman–Crippen MR) is 66.3 cm³/mol. The van der Waals surface area contributed by atoms with Crippen LogP contribution in [0.3, 0.4) is 0 Å². The molecule has 0 unspecified atom stereocenters. The summed E-state index contributed by atoms with van der Waals surface area (Å²) in [4.78, 5) is 0.272. The van der Waals surface area contributed by atoms with Gasteiger partial charge in [-0.3, -0.25) is 0 Å². The lowest BCUT2D eigenvalue weighted by atomic mass is 10.2. The summed E-state index contributed by atoms with van der Waals surface area (Å²) in [7, 11) is -3.38. The minimum absolute atomic E-state index is 0.256. The third-order valence-corrected chi connectivity index (χ3v) is 4.54. The Labute approximate surface area is 102 Å². The molecule has 17 heavy (non-hydrogen) atoms. The third-order valence-electron chi connectivity index (χ3n) is 2.95. The summed E-state index contributed by atoms with van der Waals surface area (Å²) in [5.74, 6) is 0.306. The van der Waals surface area contributed by atoms with Crippen molar-refractivity contribution in [3.8, 4) is 0 Å². The Balaban J connectivity index is 2.09. The van der Waals surface area contributed by atoms with Gasteiger partial charge in [0.2, 0.25) is 9.84 Å². The molecule has 0 aromatic heterocycles. The molecule has 94 valence electrons. The molecule has 1 saturated carbocycles. The molecule has 4 nitrogen and oxygen atoms in total. The van der Waals surface area contributed by atoms with Crippen molar-refractivity contribution in [2.75, 3.05) is 18.3 Å². The van der Waals surface area contributed by atoms with Gasteiger partial charge in [-0.25, -0.2) is 8.42 Å². The second-order valence-corrected chi connectivity index (χ2v) is 6.42. The number of anilines is 1. The lowest BCUT2D eigenvalue weighted by molar-refractivity contribution is 0.165. The van der Waals surface area contributed by atoms with Crippen LogP contribution >= 0.6 is 0 Å². The van der Waals surface area contributed by atoms with Crippen LogP contribution < -0.4 is 5.73 Å². The average molecular weight is 255 g/mol. The second-order valence-electron chi connectivity index (χ2n) is 4.52. The van der Waals surface area contributed by atoms with Crippen molar-refractivity contribution in [2.45, 2.75) is 24.7 Å². The minimum atomic E-state index is -3.38. The number of sulfone groups is 1. The lowest BCUT2D eigenvalue weighted by Crippen LogP contribution is -2.13. The number of nitrogen functional groups attached to an aromatic ring is 1. The summed E-state index contributed by atoms with van der Waals surface area (Å²) in [6, 6.07) is 4.91. The number of benzene rings is 1. The molecule has 0 spiro atoms. The SMILES string of the molecule is Cc1c(N)cccc1S(=O)(=O)COCC1CC1. The van der Waals surface area contributed by atoms with Gasteiger partial charge in [0.15, 0.2) is 5.94 Å². The van der Waals surface area contributed by atoms with E-state index < -0.39 is 9.84 Å². The minimum Gasteiger partial charge on any atom is -0.398 e. The molecule has 0 saturated heterocycles. The molecule has 1 aliphatic carbocycles. The molecule has 2 N–H and O–H groups in total.